The van der Waals surface area contributed by atoms with Gasteiger partial charge in [0.1, 0.15) is 5.01 Å². The van der Waals surface area contributed by atoms with Gasteiger partial charge >= 0.3 is 0 Å². The molecule has 4 heterocycles. The van der Waals surface area contributed by atoms with Gasteiger partial charge in [0.05, 0.1) is 17.2 Å². The maximum absolute atomic E-state index is 12.7. The van der Waals surface area contributed by atoms with Gasteiger partial charge in [0, 0.05) is 29.6 Å². The fourth-order valence-electron chi connectivity index (χ4n) is 4.53. The zero-order valence-corrected chi connectivity index (χ0v) is 19.9. The summed E-state index contributed by atoms with van der Waals surface area (Å²) in [5.74, 6) is 1.25. The minimum absolute atomic E-state index is 0.0198. The number of hydrogen-bond acceptors (Lipinski definition) is 7. The Hall–Kier alpha value is -3.14. The molecule has 5 aromatic rings. The van der Waals surface area contributed by atoms with Crippen LogP contribution in [0, 0.1) is 0 Å². The molecule has 0 N–H and O–H groups in total. The van der Waals surface area contributed by atoms with Crippen LogP contribution in [0.3, 0.4) is 0 Å². The minimum atomic E-state index is 0.0198. The third-order valence-electron chi connectivity index (χ3n) is 6.45. The number of rotatable bonds is 5. The van der Waals surface area contributed by atoms with Gasteiger partial charge in [-0.05, 0) is 50.2 Å². The summed E-state index contributed by atoms with van der Waals surface area (Å²) in [4.78, 5) is 20.4. The molecule has 10 heteroatoms. The van der Waals surface area contributed by atoms with E-state index in [2.05, 4.69) is 20.1 Å². The molecule has 0 unspecified atom stereocenters. The number of hydrogen-bond donors (Lipinski definition) is 0. The van der Waals surface area contributed by atoms with Gasteiger partial charge in [0.2, 0.25) is 4.96 Å². The molecule has 1 aliphatic rings. The van der Waals surface area contributed by atoms with Crippen molar-refractivity contribution in [2.75, 3.05) is 19.6 Å². The summed E-state index contributed by atoms with van der Waals surface area (Å²) in [7, 11) is 0. The largest absolute Gasteiger partial charge is 0.302 e. The van der Waals surface area contributed by atoms with Crippen LogP contribution >= 0.6 is 22.9 Å². The zero-order chi connectivity index (χ0) is 23.1. The van der Waals surface area contributed by atoms with Crippen LogP contribution in [0.2, 0.25) is 5.02 Å². The van der Waals surface area contributed by atoms with E-state index in [4.69, 9.17) is 16.7 Å². The van der Waals surface area contributed by atoms with Crippen molar-refractivity contribution in [2.24, 2.45) is 0 Å². The van der Waals surface area contributed by atoms with Crippen molar-refractivity contribution in [1.29, 1.82) is 0 Å². The summed E-state index contributed by atoms with van der Waals surface area (Å²) >= 11 is 7.55. The molecule has 8 nitrogen and oxygen atoms in total. The SMILES string of the molecule is O=c1c2ccccc2ncn1CCN1CCC(c2nnc3sc(-c4ccc(Cl)cc4)nn23)CC1. The number of likely N-dealkylation sites (tertiary alicyclic amines) is 1. The molecule has 3 aromatic heterocycles. The molecule has 0 saturated carbocycles. The van der Waals surface area contributed by atoms with Gasteiger partial charge in [-0.1, -0.05) is 47.2 Å². The van der Waals surface area contributed by atoms with Gasteiger partial charge in [-0.25, -0.2) is 4.98 Å². The Morgan fingerprint density at radius 1 is 1.00 bits per heavy atom. The maximum atomic E-state index is 12.7. The highest BCUT2D eigenvalue weighted by molar-refractivity contribution is 7.19. The molecule has 1 fully saturated rings. The summed E-state index contributed by atoms with van der Waals surface area (Å²) in [5.41, 5.74) is 1.79. The molecule has 0 amide bonds. The van der Waals surface area contributed by atoms with E-state index in [0.29, 0.717) is 22.9 Å². The number of piperidine rings is 1. The van der Waals surface area contributed by atoms with Crippen molar-refractivity contribution < 1.29 is 0 Å². The third-order valence-corrected chi connectivity index (χ3v) is 7.65. The van der Waals surface area contributed by atoms with Gasteiger partial charge in [0.25, 0.3) is 5.56 Å². The third kappa shape index (κ3) is 4.00. The van der Waals surface area contributed by atoms with Gasteiger partial charge in [-0.3, -0.25) is 9.36 Å². The summed E-state index contributed by atoms with van der Waals surface area (Å²) in [6.07, 6.45) is 3.63. The van der Waals surface area contributed by atoms with Crippen molar-refractivity contribution in [3.8, 4) is 10.6 Å². The van der Waals surface area contributed by atoms with Crippen LogP contribution < -0.4 is 5.56 Å². The molecular weight excluding hydrogens is 470 g/mol. The molecule has 0 radical (unpaired) electrons. The smallest absolute Gasteiger partial charge is 0.261 e. The fourth-order valence-corrected chi connectivity index (χ4v) is 5.50. The van der Waals surface area contributed by atoms with Crippen LogP contribution in [0.25, 0.3) is 26.4 Å². The van der Waals surface area contributed by atoms with E-state index in [1.165, 1.54) is 11.3 Å². The predicted molar refractivity (Wildman–Crippen MR) is 134 cm³/mol. The first-order valence-corrected chi connectivity index (χ1v) is 12.5. The quantitative estimate of drug-likeness (QED) is 0.368. The van der Waals surface area contributed by atoms with E-state index in [9.17, 15) is 4.79 Å². The molecule has 0 bridgehead atoms. The minimum Gasteiger partial charge on any atom is -0.302 e. The van der Waals surface area contributed by atoms with Crippen molar-refractivity contribution >= 4 is 38.8 Å². The summed E-state index contributed by atoms with van der Waals surface area (Å²) in [6.45, 7) is 3.35. The van der Waals surface area contributed by atoms with Gasteiger partial charge in [0.15, 0.2) is 5.82 Å². The number of aromatic nitrogens is 6. The lowest BCUT2D eigenvalue weighted by molar-refractivity contribution is 0.201. The Morgan fingerprint density at radius 2 is 1.79 bits per heavy atom. The molecule has 0 spiro atoms. The van der Waals surface area contributed by atoms with Gasteiger partial charge in [-0.2, -0.15) is 9.61 Å². The van der Waals surface area contributed by atoms with E-state index in [0.717, 1.165) is 59.3 Å². The molecule has 0 aliphatic carbocycles. The first-order chi connectivity index (χ1) is 16.7. The van der Waals surface area contributed by atoms with E-state index < -0.39 is 0 Å². The Bertz CT molecular complexity index is 1520. The highest BCUT2D eigenvalue weighted by atomic mass is 35.5. The average molecular weight is 492 g/mol. The molecule has 2 aromatic carbocycles. The summed E-state index contributed by atoms with van der Waals surface area (Å²) < 4.78 is 3.61. The number of nitrogens with zero attached hydrogens (tertiary/aromatic N) is 7. The second-order valence-electron chi connectivity index (χ2n) is 8.54. The lowest BCUT2D eigenvalue weighted by Gasteiger charge is -2.30. The van der Waals surface area contributed by atoms with Crippen molar-refractivity contribution in [3.63, 3.8) is 0 Å². The second kappa shape index (κ2) is 8.90. The van der Waals surface area contributed by atoms with E-state index in [1.807, 2.05) is 53.0 Å². The van der Waals surface area contributed by atoms with Gasteiger partial charge < -0.3 is 4.90 Å². The van der Waals surface area contributed by atoms with Crippen LogP contribution in [-0.2, 0) is 6.54 Å². The molecule has 1 aliphatic heterocycles. The Morgan fingerprint density at radius 3 is 2.62 bits per heavy atom. The van der Waals surface area contributed by atoms with E-state index in [1.54, 1.807) is 10.9 Å². The zero-order valence-electron chi connectivity index (χ0n) is 18.3. The lowest BCUT2D eigenvalue weighted by atomic mass is 9.96. The number of para-hydroxylation sites is 1. The topological polar surface area (TPSA) is 81.2 Å². The number of benzene rings is 2. The second-order valence-corrected chi connectivity index (χ2v) is 9.94. The first-order valence-electron chi connectivity index (χ1n) is 11.3. The Balaban J connectivity index is 1.12. The fraction of sp³-hybridized carbons (Fsp3) is 0.292. The highest BCUT2D eigenvalue weighted by Gasteiger charge is 2.26. The van der Waals surface area contributed by atoms with E-state index in [-0.39, 0.29) is 5.56 Å². The van der Waals surface area contributed by atoms with Crippen LogP contribution in [0.1, 0.15) is 24.6 Å². The lowest BCUT2D eigenvalue weighted by Crippen LogP contribution is -2.37. The van der Waals surface area contributed by atoms with Crippen LogP contribution in [0.15, 0.2) is 59.7 Å². The van der Waals surface area contributed by atoms with Crippen LogP contribution in [0.4, 0.5) is 0 Å². The van der Waals surface area contributed by atoms with Gasteiger partial charge in [-0.15, -0.1) is 10.2 Å². The Kier molecular flexibility index (Phi) is 5.60. The molecule has 0 atom stereocenters. The first kappa shape index (κ1) is 21.4. The van der Waals surface area contributed by atoms with Crippen molar-refractivity contribution in [1.82, 2.24) is 34.3 Å². The molecular formula is C24H22ClN7OS. The average Bonchev–Trinajstić information content (AvgIpc) is 3.46. The van der Waals surface area contributed by atoms with E-state index >= 15 is 0 Å². The highest BCUT2D eigenvalue weighted by Crippen LogP contribution is 2.31. The molecule has 1 saturated heterocycles. The summed E-state index contributed by atoms with van der Waals surface area (Å²) in [6, 6.07) is 15.2. The predicted octanol–water partition coefficient (Wildman–Crippen LogP) is 4.10. The molecule has 6 rings (SSSR count). The van der Waals surface area contributed by atoms with Crippen molar-refractivity contribution in [3.05, 3.63) is 76.1 Å². The monoisotopic (exact) mass is 491 g/mol. The Labute approximate surface area is 204 Å². The number of fused-ring (bicyclic) bond motifs is 2. The van der Waals surface area contributed by atoms with Crippen molar-refractivity contribution in [2.45, 2.75) is 25.3 Å². The molecule has 172 valence electrons. The normalized spacial score (nSPS) is 15.4. The maximum Gasteiger partial charge on any atom is 0.261 e. The summed E-state index contributed by atoms with van der Waals surface area (Å²) in [5, 5.41) is 15.9. The van der Waals surface area contributed by atoms with Crippen LogP contribution in [0.5, 0.6) is 0 Å². The van der Waals surface area contributed by atoms with Crippen LogP contribution in [-0.4, -0.2) is 53.9 Å². The standard InChI is InChI=1S/C24H22ClN7OS/c25-18-7-5-17(6-8-18)22-29-32-21(27-28-24(32)34-22)16-9-11-30(12-10-16)13-14-31-15-26-20-4-2-1-3-19(20)23(31)33/h1-8,15-16H,9-14H2. The molecule has 34 heavy (non-hydrogen) atoms. The number of halogens is 1.